The fraction of sp³-hybridized carbons (Fsp3) is 0.467. The molecule has 1 atom stereocenters. The average Bonchev–Trinajstić information content (AvgIpc) is 2.26. The van der Waals surface area contributed by atoms with E-state index in [0.717, 1.165) is 17.5 Å². The van der Waals surface area contributed by atoms with Gasteiger partial charge in [-0.15, -0.1) is 0 Å². The molecule has 1 aromatic rings. The molecular weight excluding hydrogens is 242 g/mol. The van der Waals surface area contributed by atoms with E-state index >= 15 is 0 Å². The van der Waals surface area contributed by atoms with Crippen LogP contribution in [0.1, 0.15) is 47.7 Å². The number of carbonyl (C=O) groups is 2. The predicted molar refractivity (Wildman–Crippen MR) is 74.3 cm³/mol. The number of amides is 1. The third kappa shape index (κ3) is 5.12. The number of benzene rings is 1. The summed E-state index contributed by atoms with van der Waals surface area (Å²) in [5.41, 5.74) is 2.63. The van der Waals surface area contributed by atoms with Gasteiger partial charge in [0.25, 0.3) is 5.91 Å². The van der Waals surface area contributed by atoms with Crippen LogP contribution >= 0.6 is 0 Å². The van der Waals surface area contributed by atoms with Crippen LogP contribution in [0.2, 0.25) is 0 Å². The third-order valence-electron chi connectivity index (χ3n) is 2.88. The molecule has 0 aliphatic carbocycles. The van der Waals surface area contributed by atoms with Crippen LogP contribution in [0, 0.1) is 13.8 Å². The number of hydrogen-bond acceptors (Lipinski definition) is 2. The molecule has 0 radical (unpaired) electrons. The molecule has 104 valence electrons. The first-order valence-corrected chi connectivity index (χ1v) is 6.53. The lowest BCUT2D eigenvalue weighted by molar-refractivity contribution is -0.137. The first-order valence-electron chi connectivity index (χ1n) is 6.53. The molecule has 0 saturated heterocycles. The molecule has 0 aliphatic rings. The maximum absolute atomic E-state index is 12.1. The zero-order valence-electron chi connectivity index (χ0n) is 11.7. The van der Waals surface area contributed by atoms with E-state index in [2.05, 4.69) is 5.32 Å². The molecule has 1 unspecified atom stereocenters. The van der Waals surface area contributed by atoms with E-state index in [-0.39, 0.29) is 18.4 Å². The first kappa shape index (κ1) is 15.2. The van der Waals surface area contributed by atoms with Gasteiger partial charge in [-0.05, 0) is 32.4 Å². The topological polar surface area (TPSA) is 66.4 Å². The molecule has 1 amide bonds. The molecule has 0 spiro atoms. The van der Waals surface area contributed by atoms with Gasteiger partial charge in [0.05, 0.1) is 6.42 Å². The van der Waals surface area contributed by atoms with E-state index in [1.807, 2.05) is 39.0 Å². The largest absolute Gasteiger partial charge is 0.481 e. The molecule has 0 fully saturated rings. The van der Waals surface area contributed by atoms with Crippen molar-refractivity contribution in [3.63, 3.8) is 0 Å². The molecule has 1 aromatic carbocycles. The van der Waals surface area contributed by atoms with Gasteiger partial charge in [-0.2, -0.15) is 0 Å². The Morgan fingerprint density at radius 3 is 2.26 bits per heavy atom. The summed E-state index contributed by atoms with van der Waals surface area (Å²) in [6.45, 7) is 5.84. The Kier molecular flexibility index (Phi) is 5.55. The lowest BCUT2D eigenvalue weighted by Crippen LogP contribution is -2.36. The monoisotopic (exact) mass is 263 g/mol. The number of nitrogens with one attached hydrogen (secondary N) is 1. The second-order valence-electron chi connectivity index (χ2n) is 4.93. The van der Waals surface area contributed by atoms with Crippen molar-refractivity contribution < 1.29 is 14.7 Å². The molecule has 0 aliphatic heterocycles. The highest BCUT2D eigenvalue weighted by Crippen LogP contribution is 2.10. The number of carbonyl (C=O) groups excluding carboxylic acids is 1. The van der Waals surface area contributed by atoms with Gasteiger partial charge in [-0.3, -0.25) is 9.59 Å². The minimum atomic E-state index is -0.890. The lowest BCUT2D eigenvalue weighted by Gasteiger charge is -2.16. The Hall–Kier alpha value is -1.84. The minimum Gasteiger partial charge on any atom is -0.481 e. The number of aryl methyl sites for hydroxylation is 2. The predicted octanol–water partition coefficient (Wildman–Crippen LogP) is 2.68. The normalized spacial score (nSPS) is 11.9. The first-order chi connectivity index (χ1) is 8.92. The maximum Gasteiger partial charge on any atom is 0.305 e. The van der Waals surface area contributed by atoms with Crippen LogP contribution in [-0.4, -0.2) is 23.0 Å². The van der Waals surface area contributed by atoms with Crippen molar-refractivity contribution in [2.75, 3.05) is 0 Å². The second-order valence-corrected chi connectivity index (χ2v) is 4.93. The minimum absolute atomic E-state index is 0.0373. The summed E-state index contributed by atoms with van der Waals surface area (Å²) in [5.74, 6) is -1.09. The molecular formula is C15H21NO3. The van der Waals surface area contributed by atoms with E-state index in [0.29, 0.717) is 12.0 Å². The van der Waals surface area contributed by atoms with E-state index in [1.54, 1.807) is 0 Å². The SMILES string of the molecule is CCCC(CC(=O)O)NC(=O)c1cc(C)cc(C)c1. The van der Waals surface area contributed by atoms with Crippen molar-refractivity contribution in [1.82, 2.24) is 5.32 Å². The van der Waals surface area contributed by atoms with Gasteiger partial charge in [-0.1, -0.05) is 30.5 Å². The summed E-state index contributed by atoms with van der Waals surface area (Å²) in [4.78, 5) is 22.9. The number of carboxylic acids is 1. The molecule has 4 heteroatoms. The molecule has 0 saturated carbocycles. The van der Waals surface area contributed by atoms with Crippen LogP contribution in [0.15, 0.2) is 18.2 Å². The van der Waals surface area contributed by atoms with Crippen molar-refractivity contribution in [2.45, 2.75) is 46.1 Å². The quantitative estimate of drug-likeness (QED) is 0.829. The van der Waals surface area contributed by atoms with Gasteiger partial charge in [0.15, 0.2) is 0 Å². The fourth-order valence-corrected chi connectivity index (χ4v) is 2.16. The van der Waals surface area contributed by atoms with Crippen molar-refractivity contribution >= 4 is 11.9 Å². The Labute approximate surface area is 113 Å². The molecule has 0 aromatic heterocycles. The van der Waals surface area contributed by atoms with Gasteiger partial charge >= 0.3 is 5.97 Å². The molecule has 1 rings (SSSR count). The second kappa shape index (κ2) is 6.92. The zero-order chi connectivity index (χ0) is 14.4. The van der Waals surface area contributed by atoms with Gasteiger partial charge < -0.3 is 10.4 Å². The van der Waals surface area contributed by atoms with Crippen molar-refractivity contribution in [3.8, 4) is 0 Å². The summed E-state index contributed by atoms with van der Waals surface area (Å²) in [6, 6.07) is 5.31. The summed E-state index contributed by atoms with van der Waals surface area (Å²) in [6.07, 6.45) is 1.47. The number of hydrogen-bond donors (Lipinski definition) is 2. The summed E-state index contributed by atoms with van der Waals surface area (Å²) in [5, 5.41) is 11.6. The fourth-order valence-electron chi connectivity index (χ4n) is 2.16. The van der Waals surface area contributed by atoms with Crippen molar-refractivity contribution in [2.24, 2.45) is 0 Å². The maximum atomic E-state index is 12.1. The third-order valence-corrected chi connectivity index (χ3v) is 2.88. The lowest BCUT2D eigenvalue weighted by atomic mass is 10.0. The van der Waals surface area contributed by atoms with Gasteiger partial charge in [0, 0.05) is 11.6 Å². The number of rotatable bonds is 6. The summed E-state index contributed by atoms with van der Waals surface area (Å²) >= 11 is 0. The van der Waals surface area contributed by atoms with Crippen LogP contribution in [0.25, 0.3) is 0 Å². The number of carboxylic acid groups (broad SMARTS) is 1. The summed E-state index contributed by atoms with van der Waals surface area (Å²) < 4.78 is 0. The summed E-state index contributed by atoms with van der Waals surface area (Å²) in [7, 11) is 0. The smallest absolute Gasteiger partial charge is 0.305 e. The van der Waals surface area contributed by atoms with E-state index in [1.165, 1.54) is 0 Å². The standard InChI is InChI=1S/C15H21NO3/c1-4-5-13(9-14(17)18)16-15(19)12-7-10(2)6-11(3)8-12/h6-8,13H,4-5,9H2,1-3H3,(H,16,19)(H,17,18). The highest BCUT2D eigenvalue weighted by atomic mass is 16.4. The van der Waals surface area contributed by atoms with E-state index < -0.39 is 5.97 Å². The van der Waals surface area contributed by atoms with Gasteiger partial charge in [0.1, 0.15) is 0 Å². The van der Waals surface area contributed by atoms with Crippen LogP contribution in [0.5, 0.6) is 0 Å². The Morgan fingerprint density at radius 1 is 1.21 bits per heavy atom. The molecule has 0 heterocycles. The zero-order valence-corrected chi connectivity index (χ0v) is 11.7. The van der Waals surface area contributed by atoms with Crippen molar-refractivity contribution in [1.29, 1.82) is 0 Å². The highest BCUT2D eigenvalue weighted by Gasteiger charge is 2.16. The Bertz CT molecular complexity index is 448. The van der Waals surface area contributed by atoms with Crippen LogP contribution < -0.4 is 5.32 Å². The highest BCUT2D eigenvalue weighted by molar-refractivity contribution is 5.95. The van der Waals surface area contributed by atoms with E-state index in [9.17, 15) is 9.59 Å². The molecule has 0 bridgehead atoms. The van der Waals surface area contributed by atoms with E-state index in [4.69, 9.17) is 5.11 Å². The Balaban J connectivity index is 2.77. The van der Waals surface area contributed by atoms with Crippen LogP contribution in [-0.2, 0) is 4.79 Å². The van der Waals surface area contributed by atoms with Crippen LogP contribution in [0.3, 0.4) is 0 Å². The molecule has 2 N–H and O–H groups in total. The van der Waals surface area contributed by atoms with Gasteiger partial charge in [-0.25, -0.2) is 0 Å². The molecule has 4 nitrogen and oxygen atoms in total. The van der Waals surface area contributed by atoms with Gasteiger partial charge in [0.2, 0.25) is 0 Å². The average molecular weight is 263 g/mol. The molecule has 19 heavy (non-hydrogen) atoms. The van der Waals surface area contributed by atoms with Crippen LogP contribution in [0.4, 0.5) is 0 Å². The van der Waals surface area contributed by atoms with Crippen molar-refractivity contribution in [3.05, 3.63) is 34.9 Å². The number of aliphatic carboxylic acids is 1. The Morgan fingerprint density at radius 2 is 1.79 bits per heavy atom.